The third kappa shape index (κ3) is 4.13. The van der Waals surface area contributed by atoms with Gasteiger partial charge in [0.15, 0.2) is 5.82 Å². The van der Waals surface area contributed by atoms with E-state index < -0.39 is 0 Å². The number of hydrogen-bond acceptors (Lipinski definition) is 3. The summed E-state index contributed by atoms with van der Waals surface area (Å²) < 4.78 is 4.93. The van der Waals surface area contributed by atoms with Gasteiger partial charge in [-0.25, -0.2) is 9.97 Å². The van der Waals surface area contributed by atoms with Crippen LogP contribution >= 0.6 is 11.3 Å². The zero-order valence-electron chi connectivity index (χ0n) is 25.8. The maximum absolute atomic E-state index is 5.20. The van der Waals surface area contributed by atoms with Crippen LogP contribution in [0.1, 0.15) is 0 Å². The van der Waals surface area contributed by atoms with E-state index >= 15 is 0 Å². The van der Waals surface area contributed by atoms with Crippen molar-refractivity contribution in [3.63, 3.8) is 0 Å². The minimum Gasteiger partial charge on any atom is -0.309 e. The van der Waals surface area contributed by atoms with Crippen LogP contribution in [0.4, 0.5) is 0 Å². The van der Waals surface area contributed by atoms with E-state index in [1.807, 2.05) is 23.5 Å². The van der Waals surface area contributed by atoms with Gasteiger partial charge in [0.2, 0.25) is 0 Å². The van der Waals surface area contributed by atoms with Crippen molar-refractivity contribution < 1.29 is 0 Å². The molecule has 3 aromatic heterocycles. The van der Waals surface area contributed by atoms with E-state index in [0.717, 1.165) is 33.9 Å². The fourth-order valence-corrected chi connectivity index (χ4v) is 8.59. The molecule has 10 aromatic rings. The van der Waals surface area contributed by atoms with E-state index in [4.69, 9.17) is 9.97 Å². The van der Waals surface area contributed by atoms with Crippen LogP contribution in [0.25, 0.3) is 92.3 Å². The molecule has 0 saturated heterocycles. The van der Waals surface area contributed by atoms with Crippen LogP contribution < -0.4 is 0 Å². The van der Waals surface area contributed by atoms with Gasteiger partial charge in [-0.2, -0.15) is 0 Å². The molecule has 0 radical (unpaired) electrons. The highest BCUT2D eigenvalue weighted by atomic mass is 32.1. The van der Waals surface area contributed by atoms with Crippen LogP contribution in [0.2, 0.25) is 0 Å². The van der Waals surface area contributed by atoms with Crippen molar-refractivity contribution >= 4 is 64.1 Å². The van der Waals surface area contributed by atoms with Crippen molar-refractivity contribution in [3.8, 4) is 39.6 Å². The summed E-state index contributed by atoms with van der Waals surface area (Å²) in [5.74, 6) is 0.738. The van der Waals surface area contributed by atoms with Crippen LogP contribution in [-0.2, 0) is 0 Å². The van der Waals surface area contributed by atoms with Crippen molar-refractivity contribution in [2.45, 2.75) is 0 Å². The predicted octanol–water partition coefficient (Wildman–Crippen LogP) is 12.1. The highest BCUT2D eigenvalue weighted by Crippen LogP contribution is 2.46. The van der Waals surface area contributed by atoms with Gasteiger partial charge in [-0.15, -0.1) is 11.3 Å². The summed E-state index contributed by atoms with van der Waals surface area (Å²) in [6, 6.07) is 58.1. The van der Waals surface area contributed by atoms with Crippen LogP contribution in [0.15, 0.2) is 164 Å². The van der Waals surface area contributed by atoms with Gasteiger partial charge in [0.05, 0.1) is 28.1 Å². The van der Waals surface area contributed by atoms with Gasteiger partial charge in [-0.05, 0) is 35.7 Å². The number of hydrogen-bond donors (Lipinski definition) is 0. The van der Waals surface area contributed by atoms with E-state index in [1.54, 1.807) is 0 Å². The molecule has 3 heterocycles. The lowest BCUT2D eigenvalue weighted by atomic mass is 10.0. The van der Waals surface area contributed by atoms with Crippen molar-refractivity contribution in [1.29, 1.82) is 0 Å². The van der Waals surface area contributed by atoms with Crippen molar-refractivity contribution in [1.82, 2.24) is 14.5 Å². The summed E-state index contributed by atoms with van der Waals surface area (Å²) in [5, 5.41) is 7.51. The molecule has 48 heavy (non-hydrogen) atoms. The fourth-order valence-electron chi connectivity index (χ4n) is 7.23. The summed E-state index contributed by atoms with van der Waals surface area (Å²) in [6.45, 7) is 0. The Morgan fingerprint density at radius 1 is 0.438 bits per heavy atom. The zero-order chi connectivity index (χ0) is 31.6. The normalized spacial score (nSPS) is 11.8. The first kappa shape index (κ1) is 27.1. The van der Waals surface area contributed by atoms with E-state index in [2.05, 4.69) is 156 Å². The van der Waals surface area contributed by atoms with Gasteiger partial charge in [-0.1, -0.05) is 133 Å². The Morgan fingerprint density at radius 3 is 1.81 bits per heavy atom. The molecule has 224 valence electrons. The molecule has 10 rings (SSSR count). The van der Waals surface area contributed by atoms with E-state index in [-0.39, 0.29) is 0 Å². The third-order valence-electron chi connectivity index (χ3n) is 9.41. The Bertz CT molecular complexity index is 2770. The summed E-state index contributed by atoms with van der Waals surface area (Å²) in [5.41, 5.74) is 8.64. The van der Waals surface area contributed by atoms with Crippen LogP contribution in [0.5, 0.6) is 0 Å². The first-order valence-corrected chi connectivity index (χ1v) is 17.0. The van der Waals surface area contributed by atoms with E-state index in [9.17, 15) is 0 Å². The molecule has 0 bridgehead atoms. The topological polar surface area (TPSA) is 30.7 Å². The Morgan fingerprint density at radius 2 is 1.04 bits per heavy atom. The molecule has 0 spiro atoms. The molecule has 0 saturated carbocycles. The largest absolute Gasteiger partial charge is 0.309 e. The minimum absolute atomic E-state index is 0.738. The Kier molecular flexibility index (Phi) is 6.05. The van der Waals surface area contributed by atoms with Crippen molar-refractivity contribution in [3.05, 3.63) is 164 Å². The zero-order valence-corrected chi connectivity index (χ0v) is 26.7. The number of fused-ring (bicyclic) bond motifs is 8. The molecule has 0 unspecified atom stereocenters. The third-order valence-corrected chi connectivity index (χ3v) is 10.7. The van der Waals surface area contributed by atoms with Gasteiger partial charge < -0.3 is 4.57 Å². The van der Waals surface area contributed by atoms with Gasteiger partial charge in [0.1, 0.15) is 0 Å². The molecule has 0 amide bonds. The molecular weight excluding hydrogens is 603 g/mol. The second kappa shape index (κ2) is 10.7. The van der Waals surface area contributed by atoms with E-state index in [0.29, 0.717) is 0 Å². The molecule has 0 N–H and O–H groups in total. The average Bonchev–Trinajstić information content (AvgIpc) is 3.71. The monoisotopic (exact) mass is 629 g/mol. The predicted molar refractivity (Wildman–Crippen MR) is 203 cm³/mol. The van der Waals surface area contributed by atoms with Crippen molar-refractivity contribution in [2.24, 2.45) is 0 Å². The Balaban J connectivity index is 1.26. The summed E-state index contributed by atoms with van der Waals surface area (Å²) in [6.07, 6.45) is 0. The average molecular weight is 630 g/mol. The van der Waals surface area contributed by atoms with Gasteiger partial charge >= 0.3 is 0 Å². The second-order valence-electron chi connectivity index (χ2n) is 12.2. The Hall–Kier alpha value is -6.10. The number of nitrogens with zero attached hydrogens (tertiary/aromatic N) is 3. The van der Waals surface area contributed by atoms with Gasteiger partial charge in [0, 0.05) is 53.0 Å². The SMILES string of the molecule is c1ccc(-c2cc(-c3ccccc3)nc(-c3cccc4c3sc3c4ccc4c3c3ccccc3n4-c3cccc4ccccc34)n2)cc1. The summed E-state index contributed by atoms with van der Waals surface area (Å²) >= 11 is 1.85. The van der Waals surface area contributed by atoms with Crippen molar-refractivity contribution in [2.75, 3.05) is 0 Å². The smallest absolute Gasteiger partial charge is 0.161 e. The van der Waals surface area contributed by atoms with E-state index in [1.165, 1.54) is 58.4 Å². The summed E-state index contributed by atoms with van der Waals surface area (Å²) in [4.78, 5) is 10.4. The molecule has 3 nitrogen and oxygen atoms in total. The number of aromatic nitrogens is 3. The lowest BCUT2D eigenvalue weighted by Gasteiger charge is -2.11. The quantitative estimate of drug-likeness (QED) is 0.194. The lowest BCUT2D eigenvalue weighted by molar-refractivity contribution is 1.19. The molecular formula is C44H27N3S. The molecule has 7 aromatic carbocycles. The minimum atomic E-state index is 0.738. The second-order valence-corrected chi connectivity index (χ2v) is 13.2. The highest BCUT2D eigenvalue weighted by molar-refractivity contribution is 7.27. The number of benzene rings is 7. The first-order chi connectivity index (χ1) is 23.8. The maximum atomic E-state index is 5.20. The molecule has 0 fully saturated rings. The fraction of sp³-hybridized carbons (Fsp3) is 0. The Labute approximate surface area is 281 Å². The van der Waals surface area contributed by atoms with Gasteiger partial charge in [-0.3, -0.25) is 0 Å². The molecule has 0 aliphatic carbocycles. The number of thiophene rings is 1. The lowest BCUT2D eigenvalue weighted by Crippen LogP contribution is -1.96. The molecule has 4 heteroatoms. The highest BCUT2D eigenvalue weighted by Gasteiger charge is 2.20. The van der Waals surface area contributed by atoms with Crippen LogP contribution in [-0.4, -0.2) is 14.5 Å². The maximum Gasteiger partial charge on any atom is 0.161 e. The van der Waals surface area contributed by atoms with Crippen LogP contribution in [0.3, 0.4) is 0 Å². The first-order valence-electron chi connectivity index (χ1n) is 16.2. The molecule has 0 aliphatic heterocycles. The van der Waals surface area contributed by atoms with Gasteiger partial charge in [0.25, 0.3) is 0 Å². The summed E-state index contributed by atoms with van der Waals surface area (Å²) in [7, 11) is 0. The molecule has 0 atom stereocenters. The number of rotatable bonds is 4. The van der Waals surface area contributed by atoms with Crippen LogP contribution in [0, 0.1) is 0 Å². The molecule has 0 aliphatic rings. The number of para-hydroxylation sites is 1. The standard InChI is InChI=1S/C44H27N3S/c1-3-14-29(15-4-1)36-27-37(30-16-5-2-6-17-30)46-44(45-36)35-22-12-21-32-33-25-26-40-41(43(33)48-42(32)35)34-20-9-10-23-39(34)47(40)38-24-11-18-28-13-7-8-19-31(28)38/h1-27H.